The van der Waals surface area contributed by atoms with Crippen LogP contribution < -0.4 is 10.6 Å². The summed E-state index contributed by atoms with van der Waals surface area (Å²) in [5.74, 6) is -0.348. The Morgan fingerprint density at radius 1 is 1.19 bits per heavy atom. The number of hydrogen-bond acceptors (Lipinski definition) is 4. The molecule has 1 heterocycles. The van der Waals surface area contributed by atoms with Crippen LogP contribution in [0, 0.1) is 5.82 Å². The number of nitrogens with two attached hydrogens (primary N) is 1. The molecule has 0 aromatic heterocycles. The number of nitrogen functional groups attached to an aromatic ring is 1. The van der Waals surface area contributed by atoms with E-state index in [1.165, 1.54) is 12.1 Å². The zero-order valence-corrected chi connectivity index (χ0v) is 12.7. The zero-order chi connectivity index (χ0) is 15.6. The minimum Gasteiger partial charge on any atom is -0.444 e. The van der Waals surface area contributed by atoms with Crippen molar-refractivity contribution in [2.24, 2.45) is 0 Å². The van der Waals surface area contributed by atoms with E-state index in [1.54, 1.807) is 11.0 Å². The number of rotatable bonds is 1. The molecule has 0 unspecified atom stereocenters. The summed E-state index contributed by atoms with van der Waals surface area (Å²) in [5.41, 5.74) is 6.31. The Kier molecular flexibility index (Phi) is 4.25. The van der Waals surface area contributed by atoms with Crippen LogP contribution >= 0.6 is 0 Å². The summed E-state index contributed by atoms with van der Waals surface area (Å²) in [6, 6.07) is 4.49. The Balaban J connectivity index is 1.95. The van der Waals surface area contributed by atoms with Crippen LogP contribution in [0.15, 0.2) is 18.2 Å². The SMILES string of the molecule is CC(C)(C)OC(=O)N1CCN(c2cc(N)cc(F)c2)CC1. The number of piperazine rings is 1. The molecule has 1 amide bonds. The number of carbonyl (C=O) groups excluding carboxylic acids is 1. The third kappa shape index (κ3) is 4.24. The van der Waals surface area contributed by atoms with E-state index in [-0.39, 0.29) is 11.9 Å². The van der Waals surface area contributed by atoms with Crippen molar-refractivity contribution in [1.29, 1.82) is 0 Å². The van der Waals surface area contributed by atoms with Crippen molar-refractivity contribution in [2.45, 2.75) is 26.4 Å². The van der Waals surface area contributed by atoms with Gasteiger partial charge in [-0.2, -0.15) is 0 Å². The van der Waals surface area contributed by atoms with Crippen molar-refractivity contribution >= 4 is 17.5 Å². The molecule has 1 aromatic rings. The van der Waals surface area contributed by atoms with Gasteiger partial charge in [-0.15, -0.1) is 0 Å². The molecule has 1 aliphatic rings. The molecule has 0 spiro atoms. The minimum absolute atomic E-state index is 0.305. The van der Waals surface area contributed by atoms with E-state index in [0.29, 0.717) is 31.9 Å². The molecule has 6 heteroatoms. The normalized spacial score (nSPS) is 16.0. The van der Waals surface area contributed by atoms with Crippen LogP contribution in [0.4, 0.5) is 20.6 Å². The number of carbonyl (C=O) groups is 1. The number of hydrogen-bond donors (Lipinski definition) is 1. The van der Waals surface area contributed by atoms with Gasteiger partial charge in [0.15, 0.2) is 0 Å². The fourth-order valence-electron chi connectivity index (χ4n) is 2.25. The van der Waals surface area contributed by atoms with E-state index in [0.717, 1.165) is 5.69 Å². The van der Waals surface area contributed by atoms with Crippen molar-refractivity contribution < 1.29 is 13.9 Å². The monoisotopic (exact) mass is 295 g/mol. The van der Waals surface area contributed by atoms with Gasteiger partial charge in [0, 0.05) is 37.6 Å². The van der Waals surface area contributed by atoms with E-state index in [4.69, 9.17) is 10.5 Å². The molecule has 5 nitrogen and oxygen atoms in total. The molecule has 0 aliphatic carbocycles. The van der Waals surface area contributed by atoms with Crippen LogP contribution in [0.1, 0.15) is 20.8 Å². The second-order valence-electron chi connectivity index (χ2n) is 6.20. The first-order chi connectivity index (χ1) is 9.74. The lowest BCUT2D eigenvalue weighted by Crippen LogP contribution is -2.50. The van der Waals surface area contributed by atoms with E-state index < -0.39 is 5.60 Å². The molecule has 2 rings (SSSR count). The van der Waals surface area contributed by atoms with Gasteiger partial charge in [0.2, 0.25) is 0 Å². The summed E-state index contributed by atoms with van der Waals surface area (Å²) in [6.45, 7) is 7.88. The lowest BCUT2D eigenvalue weighted by molar-refractivity contribution is 0.0240. The highest BCUT2D eigenvalue weighted by atomic mass is 19.1. The first-order valence-electron chi connectivity index (χ1n) is 7.03. The first-order valence-corrected chi connectivity index (χ1v) is 7.03. The van der Waals surface area contributed by atoms with Crippen molar-refractivity contribution in [3.8, 4) is 0 Å². The van der Waals surface area contributed by atoms with Gasteiger partial charge in [0.25, 0.3) is 0 Å². The highest BCUT2D eigenvalue weighted by molar-refractivity contribution is 5.68. The molecule has 1 aromatic carbocycles. The summed E-state index contributed by atoms with van der Waals surface area (Å²) in [4.78, 5) is 15.7. The molecule has 116 valence electrons. The number of benzene rings is 1. The van der Waals surface area contributed by atoms with Gasteiger partial charge in [0.05, 0.1) is 0 Å². The van der Waals surface area contributed by atoms with Crippen LogP contribution in [-0.4, -0.2) is 42.8 Å². The largest absolute Gasteiger partial charge is 0.444 e. The summed E-state index contributed by atoms with van der Waals surface area (Å²) in [5, 5.41) is 0. The number of ether oxygens (including phenoxy) is 1. The summed E-state index contributed by atoms with van der Waals surface area (Å²) in [6.07, 6.45) is -0.305. The summed E-state index contributed by atoms with van der Waals surface area (Å²) in [7, 11) is 0. The topological polar surface area (TPSA) is 58.8 Å². The lowest BCUT2D eigenvalue weighted by atomic mass is 10.2. The van der Waals surface area contributed by atoms with Crippen molar-refractivity contribution in [2.75, 3.05) is 36.8 Å². The molecule has 0 radical (unpaired) electrons. The standard InChI is InChI=1S/C15H22FN3O2/c1-15(2,3)21-14(20)19-6-4-18(5-7-19)13-9-11(16)8-12(17)10-13/h8-10H,4-7,17H2,1-3H3. The Morgan fingerprint density at radius 2 is 1.81 bits per heavy atom. The van der Waals surface area contributed by atoms with Gasteiger partial charge in [0.1, 0.15) is 11.4 Å². The van der Waals surface area contributed by atoms with Crippen LogP contribution in [0.3, 0.4) is 0 Å². The van der Waals surface area contributed by atoms with E-state index in [2.05, 4.69) is 0 Å². The molecule has 0 saturated carbocycles. The smallest absolute Gasteiger partial charge is 0.410 e. The van der Waals surface area contributed by atoms with Gasteiger partial charge >= 0.3 is 6.09 Å². The van der Waals surface area contributed by atoms with Crippen molar-refractivity contribution in [1.82, 2.24) is 4.90 Å². The predicted molar refractivity (Wildman–Crippen MR) is 80.8 cm³/mol. The Morgan fingerprint density at radius 3 is 2.33 bits per heavy atom. The fourth-order valence-corrected chi connectivity index (χ4v) is 2.25. The molecular formula is C15H22FN3O2. The molecule has 0 bridgehead atoms. The van der Waals surface area contributed by atoms with Gasteiger partial charge in [-0.1, -0.05) is 0 Å². The van der Waals surface area contributed by atoms with Crippen LogP contribution in [-0.2, 0) is 4.74 Å². The second kappa shape index (κ2) is 5.79. The molecular weight excluding hydrogens is 273 g/mol. The van der Waals surface area contributed by atoms with Gasteiger partial charge in [-0.25, -0.2) is 9.18 Å². The van der Waals surface area contributed by atoms with Gasteiger partial charge in [-0.3, -0.25) is 0 Å². The maximum Gasteiger partial charge on any atom is 0.410 e. The van der Waals surface area contributed by atoms with Gasteiger partial charge in [-0.05, 0) is 39.0 Å². The van der Waals surface area contributed by atoms with Crippen LogP contribution in [0.5, 0.6) is 0 Å². The second-order valence-corrected chi connectivity index (χ2v) is 6.20. The number of amides is 1. The maximum absolute atomic E-state index is 13.4. The van der Waals surface area contributed by atoms with E-state index in [1.807, 2.05) is 25.7 Å². The van der Waals surface area contributed by atoms with Crippen LogP contribution in [0.2, 0.25) is 0 Å². The fraction of sp³-hybridized carbons (Fsp3) is 0.533. The third-order valence-electron chi connectivity index (χ3n) is 3.20. The molecule has 1 saturated heterocycles. The highest BCUT2D eigenvalue weighted by Crippen LogP contribution is 2.22. The van der Waals surface area contributed by atoms with Crippen LogP contribution in [0.25, 0.3) is 0 Å². The predicted octanol–water partition coefficient (Wildman–Crippen LogP) is 2.47. The summed E-state index contributed by atoms with van der Waals surface area (Å²) >= 11 is 0. The minimum atomic E-state index is -0.495. The molecule has 1 fully saturated rings. The molecule has 2 N–H and O–H groups in total. The Bertz CT molecular complexity index is 500. The Hall–Kier alpha value is -1.98. The number of halogens is 1. The third-order valence-corrected chi connectivity index (χ3v) is 3.20. The average molecular weight is 295 g/mol. The first kappa shape index (κ1) is 15.4. The summed E-state index contributed by atoms with van der Waals surface area (Å²) < 4.78 is 18.7. The number of nitrogens with zero attached hydrogens (tertiary/aromatic N) is 2. The van der Waals surface area contributed by atoms with E-state index >= 15 is 0 Å². The molecule has 1 aliphatic heterocycles. The maximum atomic E-state index is 13.4. The zero-order valence-electron chi connectivity index (χ0n) is 12.7. The molecule has 21 heavy (non-hydrogen) atoms. The van der Waals surface area contributed by atoms with E-state index in [9.17, 15) is 9.18 Å². The molecule has 0 atom stereocenters. The lowest BCUT2D eigenvalue weighted by Gasteiger charge is -2.36. The average Bonchev–Trinajstić information content (AvgIpc) is 2.35. The highest BCUT2D eigenvalue weighted by Gasteiger charge is 2.26. The van der Waals surface area contributed by atoms with Crippen molar-refractivity contribution in [3.63, 3.8) is 0 Å². The Labute approximate surface area is 124 Å². The van der Waals surface area contributed by atoms with Gasteiger partial charge < -0.3 is 20.3 Å². The quantitative estimate of drug-likeness (QED) is 0.809. The van der Waals surface area contributed by atoms with Crippen molar-refractivity contribution in [3.05, 3.63) is 24.0 Å². The number of anilines is 2.